The summed E-state index contributed by atoms with van der Waals surface area (Å²) in [5.74, 6) is -1.39. The number of halogens is 2. The molecular weight excluding hydrogens is 453 g/mol. The minimum atomic E-state index is -0.815. The number of rotatable bonds is 8. The van der Waals surface area contributed by atoms with Gasteiger partial charge in [0.1, 0.15) is 5.82 Å². The Kier molecular flexibility index (Phi) is 7.93. The number of piperazine rings is 1. The maximum Gasteiger partial charge on any atom is 0.254 e. The highest BCUT2D eigenvalue weighted by molar-refractivity contribution is 6.30. The molecule has 1 aliphatic rings. The molecule has 1 aliphatic heterocycles. The Morgan fingerprint density at radius 1 is 1.00 bits per heavy atom. The van der Waals surface area contributed by atoms with Gasteiger partial charge in [0, 0.05) is 43.3 Å². The molecule has 3 aromatic carbocycles. The molecule has 1 atom stereocenters. The molecule has 7 heteroatoms. The van der Waals surface area contributed by atoms with Crippen LogP contribution in [-0.2, 0) is 17.6 Å². The van der Waals surface area contributed by atoms with Gasteiger partial charge < -0.3 is 15.5 Å². The van der Waals surface area contributed by atoms with Crippen molar-refractivity contribution >= 4 is 29.0 Å². The molecule has 2 N–H and O–H groups in total. The topological polar surface area (TPSA) is 61.4 Å². The monoisotopic (exact) mass is 479 g/mol. The Morgan fingerprint density at radius 3 is 2.44 bits per heavy atom. The molecule has 0 spiro atoms. The molecule has 1 amide bonds. The van der Waals surface area contributed by atoms with E-state index >= 15 is 0 Å². The molecule has 1 saturated heterocycles. The van der Waals surface area contributed by atoms with Crippen LogP contribution in [-0.4, -0.2) is 43.9 Å². The Labute approximate surface area is 203 Å². The van der Waals surface area contributed by atoms with E-state index in [-0.39, 0.29) is 17.8 Å². The lowest BCUT2D eigenvalue weighted by Crippen LogP contribution is -2.45. The van der Waals surface area contributed by atoms with Crippen molar-refractivity contribution in [3.63, 3.8) is 0 Å². The van der Waals surface area contributed by atoms with Crippen LogP contribution in [0.4, 0.5) is 10.1 Å². The molecule has 0 bridgehead atoms. The molecule has 0 radical (unpaired) electrons. The van der Waals surface area contributed by atoms with Gasteiger partial charge in [0.25, 0.3) is 5.91 Å². The Balaban J connectivity index is 1.59. The van der Waals surface area contributed by atoms with Crippen molar-refractivity contribution in [2.45, 2.75) is 18.9 Å². The zero-order chi connectivity index (χ0) is 23.9. The van der Waals surface area contributed by atoms with Gasteiger partial charge in [-0.3, -0.25) is 9.59 Å². The second-order valence-corrected chi connectivity index (χ2v) is 8.79. The van der Waals surface area contributed by atoms with Crippen molar-refractivity contribution in [1.82, 2.24) is 10.6 Å². The molecule has 0 aliphatic carbocycles. The highest BCUT2D eigenvalue weighted by Crippen LogP contribution is 2.26. The number of hydrogen-bond donors (Lipinski definition) is 2. The summed E-state index contributed by atoms with van der Waals surface area (Å²) in [5.41, 5.74) is 2.61. The zero-order valence-corrected chi connectivity index (χ0v) is 19.5. The van der Waals surface area contributed by atoms with E-state index in [1.165, 1.54) is 18.2 Å². The molecular formula is C27H27ClFN3O2. The van der Waals surface area contributed by atoms with Gasteiger partial charge in [0.15, 0.2) is 5.78 Å². The molecule has 0 aromatic heterocycles. The molecule has 1 unspecified atom stereocenters. The van der Waals surface area contributed by atoms with E-state index < -0.39 is 17.8 Å². The first kappa shape index (κ1) is 23.9. The minimum Gasteiger partial charge on any atom is -0.369 e. The standard InChI is InChI=1S/C27H27ClFN3O2/c28-21-10-11-25(32-14-12-30-13-15-32)20(17-21)18-26(33)24(16-19-6-2-1-3-7-19)31-27(34)22-8-4-5-9-23(22)29/h1-11,17,24,30H,12-16,18H2,(H,31,34). The normalized spacial score (nSPS) is 14.5. The highest BCUT2D eigenvalue weighted by atomic mass is 35.5. The van der Waals surface area contributed by atoms with Crippen molar-refractivity contribution < 1.29 is 14.0 Å². The predicted octanol–water partition coefficient (Wildman–Crippen LogP) is 4.04. The maximum atomic E-state index is 14.2. The number of nitrogens with one attached hydrogen (secondary N) is 2. The summed E-state index contributed by atoms with van der Waals surface area (Å²) in [6.45, 7) is 3.40. The van der Waals surface area contributed by atoms with Gasteiger partial charge in [0.2, 0.25) is 0 Å². The van der Waals surface area contributed by atoms with Crippen molar-refractivity contribution in [2.24, 2.45) is 0 Å². The Bertz CT molecular complexity index is 1150. The van der Waals surface area contributed by atoms with Crippen LogP contribution in [0.5, 0.6) is 0 Å². The molecule has 3 aromatic rings. The zero-order valence-electron chi connectivity index (χ0n) is 18.8. The number of amides is 1. The lowest BCUT2D eigenvalue weighted by molar-refractivity contribution is -0.120. The maximum absolute atomic E-state index is 14.2. The average Bonchev–Trinajstić information content (AvgIpc) is 2.85. The fourth-order valence-corrected chi connectivity index (χ4v) is 4.39. The van der Waals surface area contributed by atoms with Crippen LogP contribution in [0, 0.1) is 5.82 Å². The van der Waals surface area contributed by atoms with E-state index in [0.29, 0.717) is 11.4 Å². The lowest BCUT2D eigenvalue weighted by Gasteiger charge is -2.31. The van der Waals surface area contributed by atoms with Crippen molar-refractivity contribution in [2.75, 3.05) is 31.1 Å². The summed E-state index contributed by atoms with van der Waals surface area (Å²) in [7, 11) is 0. The molecule has 5 nitrogen and oxygen atoms in total. The summed E-state index contributed by atoms with van der Waals surface area (Å²) in [4.78, 5) is 28.6. The largest absolute Gasteiger partial charge is 0.369 e. The van der Waals surface area contributed by atoms with Crippen LogP contribution in [0.2, 0.25) is 5.02 Å². The first-order chi connectivity index (χ1) is 16.5. The summed E-state index contributed by atoms with van der Waals surface area (Å²) in [5, 5.41) is 6.65. The molecule has 1 fully saturated rings. The summed E-state index contributed by atoms with van der Waals surface area (Å²) >= 11 is 6.28. The number of anilines is 1. The van der Waals surface area contributed by atoms with Crippen molar-refractivity contribution in [3.8, 4) is 0 Å². The molecule has 0 saturated carbocycles. The predicted molar refractivity (Wildman–Crippen MR) is 133 cm³/mol. The summed E-state index contributed by atoms with van der Waals surface area (Å²) < 4.78 is 14.2. The van der Waals surface area contributed by atoms with Crippen molar-refractivity contribution in [3.05, 3.63) is 100 Å². The quantitative estimate of drug-likeness (QED) is 0.512. The van der Waals surface area contributed by atoms with Crippen LogP contribution in [0.25, 0.3) is 0 Å². The van der Waals surface area contributed by atoms with Crippen molar-refractivity contribution in [1.29, 1.82) is 0 Å². The summed E-state index contributed by atoms with van der Waals surface area (Å²) in [6.07, 6.45) is 0.415. The third kappa shape index (κ3) is 6.01. The van der Waals surface area contributed by atoms with Gasteiger partial charge in [-0.25, -0.2) is 4.39 Å². The third-order valence-corrected chi connectivity index (χ3v) is 6.19. The molecule has 34 heavy (non-hydrogen) atoms. The van der Waals surface area contributed by atoms with Gasteiger partial charge in [-0.1, -0.05) is 54.1 Å². The van der Waals surface area contributed by atoms with E-state index in [1.54, 1.807) is 6.07 Å². The number of Topliss-reactive ketones (excluding diaryl/α,β-unsaturated/α-hetero) is 1. The van der Waals surface area contributed by atoms with Crippen LogP contribution in [0.15, 0.2) is 72.8 Å². The number of carbonyl (C=O) groups is 2. The number of nitrogens with zero attached hydrogens (tertiary/aromatic N) is 1. The molecule has 176 valence electrons. The Morgan fingerprint density at radius 2 is 1.71 bits per heavy atom. The Hall–Kier alpha value is -3.22. The van der Waals surface area contributed by atoms with Crippen LogP contribution >= 0.6 is 11.6 Å². The number of ketones is 1. The van der Waals surface area contributed by atoms with Crippen LogP contribution < -0.4 is 15.5 Å². The fraction of sp³-hybridized carbons (Fsp3) is 0.259. The molecule has 1 heterocycles. The van der Waals surface area contributed by atoms with E-state index in [9.17, 15) is 14.0 Å². The summed E-state index contributed by atoms with van der Waals surface area (Å²) in [6, 6.07) is 20.0. The lowest BCUT2D eigenvalue weighted by atomic mass is 9.96. The fourth-order valence-electron chi connectivity index (χ4n) is 4.20. The third-order valence-electron chi connectivity index (χ3n) is 5.96. The van der Waals surface area contributed by atoms with Crippen LogP contribution in [0.1, 0.15) is 21.5 Å². The number of hydrogen-bond acceptors (Lipinski definition) is 4. The molecule has 4 rings (SSSR count). The van der Waals surface area contributed by atoms with E-state index in [4.69, 9.17) is 11.6 Å². The minimum absolute atomic E-state index is 0.0855. The van der Waals surface area contributed by atoms with Gasteiger partial charge in [0.05, 0.1) is 11.6 Å². The van der Waals surface area contributed by atoms with Gasteiger partial charge in [-0.05, 0) is 47.9 Å². The second-order valence-electron chi connectivity index (χ2n) is 8.35. The van der Waals surface area contributed by atoms with E-state index in [1.807, 2.05) is 48.5 Å². The van der Waals surface area contributed by atoms with E-state index in [0.717, 1.165) is 43.0 Å². The highest BCUT2D eigenvalue weighted by Gasteiger charge is 2.25. The van der Waals surface area contributed by atoms with E-state index in [2.05, 4.69) is 15.5 Å². The first-order valence-electron chi connectivity index (χ1n) is 11.4. The smallest absolute Gasteiger partial charge is 0.254 e. The van der Waals surface area contributed by atoms with Crippen LogP contribution in [0.3, 0.4) is 0 Å². The van der Waals surface area contributed by atoms with Gasteiger partial charge >= 0.3 is 0 Å². The second kappa shape index (κ2) is 11.3. The van der Waals surface area contributed by atoms with Gasteiger partial charge in [-0.2, -0.15) is 0 Å². The average molecular weight is 480 g/mol. The van der Waals surface area contributed by atoms with Gasteiger partial charge in [-0.15, -0.1) is 0 Å². The SMILES string of the molecule is O=C(NC(Cc1ccccc1)C(=O)Cc1cc(Cl)ccc1N1CCNCC1)c1ccccc1F. The number of carbonyl (C=O) groups excluding carboxylic acids is 2. The first-order valence-corrected chi connectivity index (χ1v) is 11.7. The number of benzene rings is 3.